The third kappa shape index (κ3) is 4.95. The zero-order valence-corrected chi connectivity index (χ0v) is 18.2. The number of esters is 1. The molecule has 1 amide bonds. The SMILES string of the molecule is COC(=O)Cn1c(=NC(=O)Cc2ccc(S(C)(=O)=O)cc2)sc2cc(OC)ccc21. The smallest absolute Gasteiger partial charge is 0.325 e. The maximum atomic E-state index is 12.5. The first-order valence-corrected chi connectivity index (χ1v) is 11.5. The molecule has 3 rings (SSSR count). The maximum Gasteiger partial charge on any atom is 0.325 e. The van der Waals surface area contributed by atoms with E-state index in [4.69, 9.17) is 9.47 Å². The number of fused-ring (bicyclic) bond motifs is 1. The predicted octanol–water partition coefficient (Wildman–Crippen LogP) is 1.96. The monoisotopic (exact) mass is 448 g/mol. The maximum absolute atomic E-state index is 12.5. The molecule has 10 heteroatoms. The Labute approximate surface area is 177 Å². The third-order valence-corrected chi connectivity index (χ3v) is 6.50. The molecule has 0 aliphatic heterocycles. The molecular formula is C20H20N2O6S2. The van der Waals surface area contributed by atoms with Gasteiger partial charge >= 0.3 is 5.97 Å². The second-order valence-electron chi connectivity index (χ2n) is 6.48. The molecular weight excluding hydrogens is 428 g/mol. The average molecular weight is 449 g/mol. The van der Waals surface area contributed by atoms with Gasteiger partial charge in [0, 0.05) is 6.26 Å². The topological polar surface area (TPSA) is 104 Å². The van der Waals surface area contributed by atoms with Gasteiger partial charge in [-0.15, -0.1) is 0 Å². The summed E-state index contributed by atoms with van der Waals surface area (Å²) in [5.41, 5.74) is 1.37. The number of rotatable bonds is 6. The first-order valence-electron chi connectivity index (χ1n) is 8.82. The van der Waals surface area contributed by atoms with Gasteiger partial charge in [0.1, 0.15) is 12.3 Å². The van der Waals surface area contributed by atoms with E-state index >= 15 is 0 Å². The van der Waals surface area contributed by atoms with Crippen molar-refractivity contribution in [3.05, 3.63) is 52.8 Å². The van der Waals surface area contributed by atoms with Crippen molar-refractivity contribution in [2.45, 2.75) is 17.9 Å². The number of aromatic nitrogens is 1. The van der Waals surface area contributed by atoms with Gasteiger partial charge < -0.3 is 14.0 Å². The van der Waals surface area contributed by atoms with Gasteiger partial charge in [-0.1, -0.05) is 23.5 Å². The van der Waals surface area contributed by atoms with Crippen LogP contribution in [0.25, 0.3) is 10.2 Å². The number of ether oxygens (including phenoxy) is 2. The molecule has 30 heavy (non-hydrogen) atoms. The number of nitrogens with zero attached hydrogens (tertiary/aromatic N) is 2. The van der Waals surface area contributed by atoms with Gasteiger partial charge in [-0.05, 0) is 35.9 Å². The lowest BCUT2D eigenvalue weighted by Gasteiger charge is -2.04. The number of sulfone groups is 1. The van der Waals surface area contributed by atoms with Crippen LogP contribution in [0.15, 0.2) is 52.4 Å². The van der Waals surface area contributed by atoms with Crippen LogP contribution in [-0.2, 0) is 37.1 Å². The van der Waals surface area contributed by atoms with Crippen molar-refractivity contribution in [1.82, 2.24) is 4.57 Å². The Morgan fingerprint density at radius 2 is 1.80 bits per heavy atom. The van der Waals surface area contributed by atoms with E-state index in [2.05, 4.69) is 4.99 Å². The van der Waals surface area contributed by atoms with Crippen molar-refractivity contribution in [2.24, 2.45) is 4.99 Å². The highest BCUT2D eigenvalue weighted by Gasteiger charge is 2.13. The third-order valence-electron chi connectivity index (χ3n) is 4.33. The molecule has 0 radical (unpaired) electrons. The molecule has 158 valence electrons. The van der Waals surface area contributed by atoms with E-state index in [1.807, 2.05) is 0 Å². The Morgan fingerprint density at radius 1 is 1.10 bits per heavy atom. The van der Waals surface area contributed by atoms with E-state index in [0.29, 0.717) is 16.1 Å². The quantitative estimate of drug-likeness (QED) is 0.534. The summed E-state index contributed by atoms with van der Waals surface area (Å²) in [7, 11) is -0.450. The summed E-state index contributed by atoms with van der Waals surface area (Å²) >= 11 is 1.26. The Morgan fingerprint density at radius 3 is 2.40 bits per heavy atom. The molecule has 0 aliphatic rings. The van der Waals surface area contributed by atoms with Crippen LogP contribution in [0.5, 0.6) is 5.75 Å². The normalized spacial score (nSPS) is 12.2. The summed E-state index contributed by atoms with van der Waals surface area (Å²) in [4.78, 5) is 29.1. The van der Waals surface area contributed by atoms with E-state index in [1.54, 1.807) is 42.0 Å². The van der Waals surface area contributed by atoms with Crippen molar-refractivity contribution in [3.8, 4) is 5.75 Å². The molecule has 2 aromatic carbocycles. The van der Waals surface area contributed by atoms with E-state index in [-0.39, 0.29) is 17.9 Å². The fraction of sp³-hybridized carbons (Fsp3) is 0.250. The lowest BCUT2D eigenvalue weighted by atomic mass is 10.1. The predicted molar refractivity (Wildman–Crippen MR) is 112 cm³/mol. The molecule has 0 spiro atoms. The van der Waals surface area contributed by atoms with Crippen LogP contribution >= 0.6 is 11.3 Å². The molecule has 1 heterocycles. The van der Waals surface area contributed by atoms with E-state index in [9.17, 15) is 18.0 Å². The Hall–Kier alpha value is -2.98. The van der Waals surface area contributed by atoms with Crippen molar-refractivity contribution in [3.63, 3.8) is 0 Å². The summed E-state index contributed by atoms with van der Waals surface area (Å²) in [6.45, 7) is -0.0853. The van der Waals surface area contributed by atoms with Crippen molar-refractivity contribution in [1.29, 1.82) is 0 Å². The fourth-order valence-corrected chi connectivity index (χ4v) is 4.49. The van der Waals surface area contributed by atoms with Crippen LogP contribution in [0.1, 0.15) is 5.56 Å². The number of amides is 1. The molecule has 3 aromatic rings. The van der Waals surface area contributed by atoms with Gasteiger partial charge in [-0.25, -0.2) is 8.42 Å². The largest absolute Gasteiger partial charge is 0.497 e. The highest BCUT2D eigenvalue weighted by Crippen LogP contribution is 2.23. The average Bonchev–Trinajstić information content (AvgIpc) is 3.03. The first-order chi connectivity index (χ1) is 14.2. The van der Waals surface area contributed by atoms with Crippen molar-refractivity contribution >= 4 is 43.3 Å². The zero-order chi connectivity index (χ0) is 21.9. The Bertz CT molecular complexity index is 1270. The van der Waals surface area contributed by atoms with Crippen LogP contribution in [-0.4, -0.2) is 45.3 Å². The lowest BCUT2D eigenvalue weighted by molar-refractivity contribution is -0.141. The van der Waals surface area contributed by atoms with Gasteiger partial charge in [0.05, 0.1) is 35.8 Å². The number of carbonyl (C=O) groups excluding carboxylic acids is 2. The van der Waals surface area contributed by atoms with Gasteiger partial charge in [0.15, 0.2) is 14.6 Å². The minimum absolute atomic E-state index is 0.000166. The number of benzene rings is 2. The molecule has 0 aliphatic carbocycles. The molecule has 0 atom stereocenters. The standard InChI is InChI=1S/C20H20N2O6S2/c1-27-14-6-9-16-17(11-14)29-20(22(16)12-19(24)28-2)21-18(23)10-13-4-7-15(8-5-13)30(3,25)26/h4-9,11H,10,12H2,1-3H3. The van der Waals surface area contributed by atoms with Crippen LogP contribution in [0.2, 0.25) is 0 Å². The molecule has 0 saturated heterocycles. The molecule has 0 bridgehead atoms. The van der Waals surface area contributed by atoms with Gasteiger partial charge in [0.2, 0.25) is 0 Å². The zero-order valence-electron chi connectivity index (χ0n) is 16.6. The lowest BCUT2D eigenvalue weighted by Crippen LogP contribution is -2.22. The minimum atomic E-state index is -3.30. The summed E-state index contributed by atoms with van der Waals surface area (Å²) in [6.07, 6.45) is 1.12. The molecule has 0 saturated carbocycles. The second kappa shape index (κ2) is 8.80. The minimum Gasteiger partial charge on any atom is -0.497 e. The van der Waals surface area contributed by atoms with E-state index in [0.717, 1.165) is 16.5 Å². The van der Waals surface area contributed by atoms with Crippen LogP contribution < -0.4 is 9.54 Å². The summed E-state index contributed by atoms with van der Waals surface area (Å²) in [5.74, 6) is -0.229. The number of hydrogen-bond donors (Lipinski definition) is 0. The first kappa shape index (κ1) is 21.7. The van der Waals surface area contributed by atoms with E-state index < -0.39 is 21.7 Å². The van der Waals surface area contributed by atoms with Crippen LogP contribution in [0.3, 0.4) is 0 Å². The number of carbonyl (C=O) groups is 2. The highest BCUT2D eigenvalue weighted by molar-refractivity contribution is 7.90. The molecule has 0 unspecified atom stereocenters. The van der Waals surface area contributed by atoms with Crippen molar-refractivity contribution in [2.75, 3.05) is 20.5 Å². The highest BCUT2D eigenvalue weighted by atomic mass is 32.2. The summed E-state index contributed by atoms with van der Waals surface area (Å²) in [5, 5.41) is 0. The molecule has 0 fully saturated rings. The van der Waals surface area contributed by atoms with Crippen molar-refractivity contribution < 1.29 is 27.5 Å². The number of methoxy groups -OCH3 is 2. The Balaban J connectivity index is 1.96. The molecule has 0 N–H and O–H groups in total. The van der Waals surface area contributed by atoms with E-state index in [1.165, 1.54) is 30.6 Å². The molecule has 8 nitrogen and oxygen atoms in total. The van der Waals surface area contributed by atoms with Gasteiger partial charge in [-0.2, -0.15) is 4.99 Å². The van der Waals surface area contributed by atoms with Crippen LogP contribution in [0.4, 0.5) is 0 Å². The summed E-state index contributed by atoms with van der Waals surface area (Å²) < 4.78 is 35.5. The Kier molecular flexibility index (Phi) is 6.37. The second-order valence-corrected chi connectivity index (χ2v) is 9.50. The number of hydrogen-bond acceptors (Lipinski definition) is 7. The molecule has 1 aromatic heterocycles. The van der Waals surface area contributed by atoms with Crippen LogP contribution in [0, 0.1) is 0 Å². The summed E-state index contributed by atoms with van der Waals surface area (Å²) in [6, 6.07) is 11.5. The van der Waals surface area contributed by atoms with Gasteiger partial charge in [-0.3, -0.25) is 9.59 Å². The fourth-order valence-electron chi connectivity index (χ4n) is 2.79. The van der Waals surface area contributed by atoms with Gasteiger partial charge in [0.25, 0.3) is 5.91 Å². The number of thiazole rings is 1.